The molecule has 2 aliphatic rings. The number of likely N-dealkylation sites (N-methyl/N-ethyl adjacent to an activating group) is 1. The zero-order valence-corrected chi connectivity index (χ0v) is 18.7. The molecule has 0 aromatic heterocycles. The maximum atomic E-state index is 13.2. The van der Waals surface area contributed by atoms with Crippen LogP contribution in [-0.4, -0.2) is 67.5 Å². The number of hydrogen-bond acceptors (Lipinski definition) is 5. The highest BCUT2D eigenvalue weighted by atomic mass is 79.9. The molecule has 1 aliphatic carbocycles. The Morgan fingerprint density at radius 2 is 2.11 bits per heavy atom. The van der Waals surface area contributed by atoms with Crippen LogP contribution in [0.1, 0.15) is 26.7 Å². The summed E-state index contributed by atoms with van der Waals surface area (Å²) < 4.78 is 34.6. The summed E-state index contributed by atoms with van der Waals surface area (Å²) in [5.41, 5.74) is 0. The second-order valence-corrected chi connectivity index (χ2v) is 10.6. The van der Waals surface area contributed by atoms with Crippen molar-refractivity contribution in [1.82, 2.24) is 9.21 Å². The van der Waals surface area contributed by atoms with Crippen molar-refractivity contribution in [3.63, 3.8) is 0 Å². The molecule has 3 atom stereocenters. The third-order valence-corrected chi connectivity index (χ3v) is 7.90. The van der Waals surface area contributed by atoms with Gasteiger partial charge in [0.2, 0.25) is 15.9 Å². The van der Waals surface area contributed by atoms with Crippen molar-refractivity contribution in [2.45, 2.75) is 43.7 Å². The van der Waals surface area contributed by atoms with Gasteiger partial charge in [0.25, 0.3) is 0 Å². The largest absolute Gasteiger partial charge is 0.487 e. The van der Waals surface area contributed by atoms with E-state index in [1.807, 2.05) is 6.92 Å². The van der Waals surface area contributed by atoms with Crippen LogP contribution >= 0.6 is 15.9 Å². The van der Waals surface area contributed by atoms with Crippen molar-refractivity contribution < 1.29 is 23.1 Å². The van der Waals surface area contributed by atoms with Crippen LogP contribution in [0.3, 0.4) is 0 Å². The minimum atomic E-state index is -3.83. The number of aliphatic hydroxyl groups excluding tert-OH is 1. The maximum Gasteiger partial charge on any atom is 0.247 e. The van der Waals surface area contributed by atoms with Gasteiger partial charge in [-0.3, -0.25) is 4.79 Å². The first-order valence-electron chi connectivity index (χ1n) is 9.49. The Hall–Kier alpha value is -1.16. The zero-order valence-electron chi connectivity index (χ0n) is 16.3. The van der Waals surface area contributed by atoms with Gasteiger partial charge in [-0.1, -0.05) is 22.9 Å². The predicted molar refractivity (Wildman–Crippen MR) is 109 cm³/mol. The normalized spacial score (nSPS) is 25.8. The quantitative estimate of drug-likeness (QED) is 0.705. The van der Waals surface area contributed by atoms with Gasteiger partial charge in [0.1, 0.15) is 16.7 Å². The van der Waals surface area contributed by atoms with E-state index in [1.54, 1.807) is 31.0 Å². The van der Waals surface area contributed by atoms with Crippen molar-refractivity contribution in [3.05, 3.63) is 22.7 Å². The van der Waals surface area contributed by atoms with E-state index in [2.05, 4.69) is 15.9 Å². The summed E-state index contributed by atoms with van der Waals surface area (Å²) in [6.07, 6.45) is 1.49. The molecule has 1 fully saturated rings. The molecule has 0 spiro atoms. The van der Waals surface area contributed by atoms with Gasteiger partial charge in [0.15, 0.2) is 0 Å². The molecule has 1 aromatic carbocycles. The van der Waals surface area contributed by atoms with Crippen LogP contribution in [0.4, 0.5) is 0 Å². The molecule has 0 unspecified atom stereocenters. The Labute approximate surface area is 174 Å². The van der Waals surface area contributed by atoms with Crippen molar-refractivity contribution >= 4 is 31.9 Å². The molecule has 0 bridgehead atoms. The SMILES string of the molecule is C[C@@H]1CN([C@H](C)CO)S(=O)(=O)c2ccc(Br)cc2O[C@@H]1CN(C)C(=O)C1CC1. The van der Waals surface area contributed by atoms with Crippen LogP contribution in [0.5, 0.6) is 5.75 Å². The summed E-state index contributed by atoms with van der Waals surface area (Å²) in [5, 5.41) is 9.61. The number of aliphatic hydroxyl groups is 1. The number of carbonyl (C=O) groups excluding carboxylic acids is 1. The lowest BCUT2D eigenvalue weighted by Crippen LogP contribution is -2.50. The third-order valence-electron chi connectivity index (χ3n) is 5.39. The molecule has 1 aromatic rings. The van der Waals surface area contributed by atoms with Gasteiger partial charge >= 0.3 is 0 Å². The molecular formula is C19H27BrN2O5S. The van der Waals surface area contributed by atoms with Gasteiger partial charge in [-0.25, -0.2) is 8.42 Å². The highest BCUT2D eigenvalue weighted by Crippen LogP contribution is 2.36. The standard InChI is InChI=1S/C19H27BrN2O5S/c1-12-9-22(13(2)11-23)28(25,26)18-7-6-15(20)8-16(18)27-17(12)10-21(3)19(24)14-4-5-14/h6-8,12-14,17,23H,4-5,9-11H2,1-3H3/t12-,13-,17-/m1/s1. The second kappa shape index (κ2) is 8.30. The van der Waals surface area contributed by atoms with E-state index < -0.39 is 16.1 Å². The van der Waals surface area contributed by atoms with Gasteiger partial charge in [-0.2, -0.15) is 4.31 Å². The van der Waals surface area contributed by atoms with Gasteiger partial charge in [0, 0.05) is 35.9 Å². The summed E-state index contributed by atoms with van der Waals surface area (Å²) in [6, 6.07) is 4.25. The predicted octanol–water partition coefficient (Wildman–Crippen LogP) is 2.09. The molecule has 9 heteroatoms. The molecule has 0 saturated heterocycles. The Morgan fingerprint density at radius 3 is 2.71 bits per heavy atom. The highest BCUT2D eigenvalue weighted by Gasteiger charge is 2.39. The average molecular weight is 475 g/mol. The average Bonchev–Trinajstić information content (AvgIpc) is 3.48. The van der Waals surface area contributed by atoms with Crippen LogP contribution in [0.15, 0.2) is 27.6 Å². The molecule has 1 N–H and O–H groups in total. The second-order valence-electron chi connectivity index (χ2n) is 7.82. The van der Waals surface area contributed by atoms with E-state index in [-0.39, 0.29) is 47.6 Å². The van der Waals surface area contributed by atoms with Crippen molar-refractivity contribution in [3.8, 4) is 5.75 Å². The molecule has 0 radical (unpaired) electrons. The Morgan fingerprint density at radius 1 is 1.43 bits per heavy atom. The van der Waals surface area contributed by atoms with E-state index in [4.69, 9.17) is 4.74 Å². The molecule has 1 saturated carbocycles. The fourth-order valence-corrected chi connectivity index (χ4v) is 5.59. The van der Waals surface area contributed by atoms with Gasteiger partial charge in [0.05, 0.1) is 13.2 Å². The number of halogens is 1. The molecule has 1 aliphatic heterocycles. The first kappa shape index (κ1) is 21.5. The lowest BCUT2D eigenvalue weighted by Gasteiger charge is -2.37. The monoisotopic (exact) mass is 474 g/mol. The van der Waals surface area contributed by atoms with E-state index >= 15 is 0 Å². The van der Waals surface area contributed by atoms with Crippen LogP contribution in [0.25, 0.3) is 0 Å². The summed E-state index contributed by atoms with van der Waals surface area (Å²) >= 11 is 3.37. The van der Waals surface area contributed by atoms with Crippen LogP contribution in [-0.2, 0) is 14.8 Å². The number of fused-ring (bicyclic) bond motifs is 1. The molecule has 28 heavy (non-hydrogen) atoms. The fourth-order valence-electron chi connectivity index (χ4n) is 3.42. The van der Waals surface area contributed by atoms with Crippen LogP contribution in [0.2, 0.25) is 0 Å². The Balaban J connectivity index is 1.97. The first-order valence-corrected chi connectivity index (χ1v) is 11.7. The number of amides is 1. The highest BCUT2D eigenvalue weighted by molar-refractivity contribution is 9.10. The summed E-state index contributed by atoms with van der Waals surface area (Å²) in [5.74, 6) is 0.306. The molecule has 156 valence electrons. The van der Waals surface area contributed by atoms with E-state index in [0.29, 0.717) is 11.0 Å². The molecule has 3 rings (SSSR count). The number of carbonyl (C=O) groups is 1. The lowest BCUT2D eigenvalue weighted by atomic mass is 10.0. The topological polar surface area (TPSA) is 87.2 Å². The fraction of sp³-hybridized carbons (Fsp3) is 0.632. The Kier molecular flexibility index (Phi) is 6.38. The summed E-state index contributed by atoms with van der Waals surface area (Å²) in [6.45, 7) is 3.90. The Bertz CT molecular complexity index is 843. The molecular weight excluding hydrogens is 448 g/mol. The number of nitrogens with zero attached hydrogens (tertiary/aromatic N) is 2. The van der Waals surface area contributed by atoms with Crippen molar-refractivity contribution in [2.24, 2.45) is 11.8 Å². The zero-order chi connectivity index (χ0) is 20.6. The van der Waals surface area contributed by atoms with Crippen molar-refractivity contribution in [2.75, 3.05) is 26.7 Å². The minimum absolute atomic E-state index is 0.0732. The third kappa shape index (κ3) is 4.37. The van der Waals surface area contributed by atoms with Gasteiger partial charge < -0.3 is 14.7 Å². The lowest BCUT2D eigenvalue weighted by molar-refractivity contribution is -0.132. The molecule has 1 heterocycles. The van der Waals surface area contributed by atoms with E-state index in [1.165, 1.54) is 10.4 Å². The van der Waals surface area contributed by atoms with Crippen LogP contribution < -0.4 is 4.74 Å². The molecule has 7 nitrogen and oxygen atoms in total. The number of rotatable bonds is 5. The summed E-state index contributed by atoms with van der Waals surface area (Å²) in [7, 11) is -2.06. The summed E-state index contributed by atoms with van der Waals surface area (Å²) in [4.78, 5) is 14.1. The molecule has 1 amide bonds. The van der Waals surface area contributed by atoms with E-state index in [0.717, 1.165) is 12.8 Å². The number of sulfonamides is 1. The maximum absolute atomic E-state index is 13.2. The number of hydrogen-bond donors (Lipinski definition) is 1. The number of benzene rings is 1. The van der Waals surface area contributed by atoms with Gasteiger partial charge in [-0.15, -0.1) is 0 Å². The van der Waals surface area contributed by atoms with Crippen LogP contribution in [0, 0.1) is 11.8 Å². The first-order chi connectivity index (χ1) is 13.1. The minimum Gasteiger partial charge on any atom is -0.487 e. The smallest absolute Gasteiger partial charge is 0.247 e. The van der Waals surface area contributed by atoms with E-state index in [9.17, 15) is 18.3 Å². The van der Waals surface area contributed by atoms with Crippen molar-refractivity contribution in [1.29, 1.82) is 0 Å². The number of ether oxygens (including phenoxy) is 1. The van der Waals surface area contributed by atoms with Gasteiger partial charge in [-0.05, 0) is 38.0 Å².